The van der Waals surface area contributed by atoms with Gasteiger partial charge >= 0.3 is 0 Å². The number of hydrogen-bond donors (Lipinski definition) is 1. The molecule has 2 aliphatic rings. The van der Waals surface area contributed by atoms with Crippen LogP contribution in [0.1, 0.15) is 25.3 Å². The smallest absolute Gasteiger partial charge is 0.133 e. The zero-order valence-electron chi connectivity index (χ0n) is 11.6. The maximum Gasteiger partial charge on any atom is 0.133 e. The van der Waals surface area contributed by atoms with Gasteiger partial charge in [0.1, 0.15) is 5.75 Å². The summed E-state index contributed by atoms with van der Waals surface area (Å²) in [6, 6.07) is 5.44. The molecular formula is C15H20I2N2O. The van der Waals surface area contributed by atoms with Crippen molar-refractivity contribution in [2.45, 2.75) is 38.4 Å². The molecule has 20 heavy (non-hydrogen) atoms. The minimum absolute atomic E-state index is 0.465. The Morgan fingerprint density at radius 2 is 2.05 bits per heavy atom. The van der Waals surface area contributed by atoms with Crippen LogP contribution in [0.3, 0.4) is 0 Å². The number of phenolic OH excluding ortho intramolecular Hbond substituents is 1. The van der Waals surface area contributed by atoms with Crippen molar-refractivity contribution in [3.8, 4) is 5.75 Å². The van der Waals surface area contributed by atoms with Crippen LogP contribution < -0.4 is 0 Å². The summed E-state index contributed by atoms with van der Waals surface area (Å²) >= 11 is 4.55. The van der Waals surface area contributed by atoms with E-state index in [0.29, 0.717) is 17.8 Å². The van der Waals surface area contributed by atoms with Crippen LogP contribution in [0.2, 0.25) is 0 Å². The molecule has 0 bridgehead atoms. The summed E-state index contributed by atoms with van der Waals surface area (Å²) in [5.74, 6) is 0.465. The molecular weight excluding hydrogens is 478 g/mol. The molecule has 3 rings (SSSR count). The lowest BCUT2D eigenvalue weighted by Crippen LogP contribution is -2.55. The number of fused-ring (bicyclic) bond motifs is 1. The molecule has 1 N–H and O–H groups in total. The fourth-order valence-electron chi connectivity index (χ4n) is 3.56. The molecule has 110 valence electrons. The third-order valence-corrected chi connectivity index (χ3v) is 6.15. The largest absolute Gasteiger partial charge is 0.507 e. The van der Waals surface area contributed by atoms with E-state index in [2.05, 4.69) is 68.0 Å². The van der Waals surface area contributed by atoms with Gasteiger partial charge in [0.15, 0.2) is 0 Å². The van der Waals surface area contributed by atoms with Gasteiger partial charge in [-0.2, -0.15) is 0 Å². The van der Waals surface area contributed by atoms with Crippen LogP contribution in [-0.2, 0) is 6.54 Å². The highest BCUT2D eigenvalue weighted by atomic mass is 127. The van der Waals surface area contributed by atoms with Crippen LogP contribution >= 0.6 is 45.2 Å². The SMILES string of the molecule is C[C@@H]1[C@@H]2CCCN2CCN1Cc1cc(I)cc(I)c1O. The minimum Gasteiger partial charge on any atom is -0.507 e. The summed E-state index contributed by atoms with van der Waals surface area (Å²) in [6.45, 7) is 6.77. The molecule has 2 heterocycles. The van der Waals surface area contributed by atoms with Crippen molar-refractivity contribution in [3.05, 3.63) is 24.8 Å². The van der Waals surface area contributed by atoms with Gasteiger partial charge in [0.25, 0.3) is 0 Å². The van der Waals surface area contributed by atoms with Crippen molar-refractivity contribution >= 4 is 45.2 Å². The first-order valence-corrected chi connectivity index (χ1v) is 9.37. The fourth-order valence-corrected chi connectivity index (χ4v) is 5.53. The number of aromatic hydroxyl groups is 1. The Bertz CT molecular complexity index is 509. The third-order valence-electron chi connectivity index (χ3n) is 4.70. The predicted octanol–water partition coefficient (Wildman–Crippen LogP) is 3.27. The summed E-state index contributed by atoms with van der Waals surface area (Å²) in [6.07, 6.45) is 2.67. The topological polar surface area (TPSA) is 26.7 Å². The lowest BCUT2D eigenvalue weighted by molar-refractivity contribution is 0.0465. The van der Waals surface area contributed by atoms with E-state index in [1.54, 1.807) is 0 Å². The number of phenols is 1. The van der Waals surface area contributed by atoms with Gasteiger partial charge in [-0.25, -0.2) is 0 Å². The molecule has 0 aromatic heterocycles. The Balaban J connectivity index is 1.78. The van der Waals surface area contributed by atoms with Crippen molar-refractivity contribution in [2.75, 3.05) is 19.6 Å². The molecule has 2 aliphatic heterocycles. The number of nitrogens with zero attached hydrogens (tertiary/aromatic N) is 2. The van der Waals surface area contributed by atoms with Crippen molar-refractivity contribution in [1.29, 1.82) is 0 Å². The van der Waals surface area contributed by atoms with E-state index >= 15 is 0 Å². The minimum atomic E-state index is 0.465. The maximum atomic E-state index is 10.3. The van der Waals surface area contributed by atoms with Crippen LogP contribution in [0.5, 0.6) is 5.75 Å². The molecule has 1 aromatic rings. The summed E-state index contributed by atoms with van der Waals surface area (Å²) in [7, 11) is 0. The Labute approximate surface area is 148 Å². The molecule has 2 saturated heterocycles. The zero-order chi connectivity index (χ0) is 14.3. The Hall–Kier alpha value is 0.400. The highest BCUT2D eigenvalue weighted by Gasteiger charge is 2.36. The van der Waals surface area contributed by atoms with E-state index in [4.69, 9.17) is 0 Å². The van der Waals surface area contributed by atoms with Crippen LogP contribution in [-0.4, -0.2) is 46.6 Å². The molecule has 0 spiro atoms. The number of halogens is 2. The predicted molar refractivity (Wildman–Crippen MR) is 98.0 cm³/mol. The summed E-state index contributed by atoms with van der Waals surface area (Å²) in [5, 5.41) is 10.3. The Morgan fingerprint density at radius 3 is 2.85 bits per heavy atom. The lowest BCUT2D eigenvalue weighted by Gasteiger charge is -2.43. The molecule has 2 fully saturated rings. The molecule has 0 amide bonds. The maximum absolute atomic E-state index is 10.3. The van der Waals surface area contributed by atoms with E-state index in [-0.39, 0.29) is 0 Å². The molecule has 0 aliphatic carbocycles. The van der Waals surface area contributed by atoms with Gasteiger partial charge in [0.2, 0.25) is 0 Å². The molecule has 1 aromatic carbocycles. The fraction of sp³-hybridized carbons (Fsp3) is 0.600. The number of rotatable bonds is 2. The second-order valence-corrected chi connectivity index (χ2v) is 8.26. The molecule has 3 nitrogen and oxygen atoms in total. The van der Waals surface area contributed by atoms with Crippen LogP contribution in [0.4, 0.5) is 0 Å². The van der Waals surface area contributed by atoms with Gasteiger partial charge in [0, 0.05) is 40.9 Å². The van der Waals surface area contributed by atoms with E-state index < -0.39 is 0 Å². The highest BCUT2D eigenvalue weighted by Crippen LogP contribution is 2.31. The van der Waals surface area contributed by atoms with E-state index in [9.17, 15) is 5.11 Å². The second-order valence-electron chi connectivity index (χ2n) is 5.85. The Morgan fingerprint density at radius 1 is 1.25 bits per heavy atom. The van der Waals surface area contributed by atoms with Gasteiger partial charge in [-0.15, -0.1) is 0 Å². The molecule has 0 radical (unpaired) electrons. The zero-order valence-corrected chi connectivity index (χ0v) is 16.0. The van der Waals surface area contributed by atoms with Crippen molar-refractivity contribution < 1.29 is 5.11 Å². The number of benzene rings is 1. The first-order valence-electron chi connectivity index (χ1n) is 7.21. The standard InChI is InChI=1S/C15H20I2N2O/c1-10-14-3-2-4-18(14)5-6-19(10)9-11-7-12(16)8-13(17)15(11)20/h7-8,10,14,20H,2-6,9H2,1H3/t10-,14+/m1/s1. The molecule has 0 unspecified atom stereocenters. The summed E-state index contributed by atoms with van der Waals surface area (Å²) in [4.78, 5) is 5.17. The normalized spacial score (nSPS) is 27.8. The first kappa shape index (κ1) is 15.3. The van der Waals surface area contributed by atoms with Gasteiger partial charge in [-0.05, 0) is 83.6 Å². The number of piperazine rings is 1. The summed E-state index contributed by atoms with van der Waals surface area (Å²) in [5.41, 5.74) is 1.07. The van der Waals surface area contributed by atoms with Crippen molar-refractivity contribution in [1.82, 2.24) is 9.80 Å². The first-order chi connectivity index (χ1) is 9.56. The van der Waals surface area contributed by atoms with Crippen LogP contribution in [0.15, 0.2) is 12.1 Å². The van der Waals surface area contributed by atoms with Crippen LogP contribution in [0.25, 0.3) is 0 Å². The average molecular weight is 498 g/mol. The van der Waals surface area contributed by atoms with Gasteiger partial charge in [0.05, 0.1) is 3.57 Å². The van der Waals surface area contributed by atoms with Gasteiger partial charge in [-0.1, -0.05) is 0 Å². The quantitative estimate of drug-likeness (QED) is 0.635. The highest BCUT2D eigenvalue weighted by molar-refractivity contribution is 14.1. The molecule has 0 saturated carbocycles. The number of hydrogen-bond acceptors (Lipinski definition) is 3. The van der Waals surface area contributed by atoms with Gasteiger partial charge in [-0.3, -0.25) is 9.80 Å². The second kappa shape index (κ2) is 6.26. The lowest BCUT2D eigenvalue weighted by atomic mass is 10.0. The van der Waals surface area contributed by atoms with Gasteiger partial charge < -0.3 is 5.11 Å². The molecule has 2 atom stereocenters. The molecule has 5 heteroatoms. The monoisotopic (exact) mass is 498 g/mol. The third kappa shape index (κ3) is 2.96. The van der Waals surface area contributed by atoms with Crippen molar-refractivity contribution in [2.24, 2.45) is 0 Å². The Kier molecular flexibility index (Phi) is 4.79. The van der Waals surface area contributed by atoms with Crippen LogP contribution in [0, 0.1) is 7.14 Å². The van der Waals surface area contributed by atoms with E-state index in [1.807, 2.05) is 6.07 Å². The van der Waals surface area contributed by atoms with E-state index in [1.165, 1.54) is 29.5 Å². The van der Waals surface area contributed by atoms with E-state index in [0.717, 1.165) is 22.2 Å². The van der Waals surface area contributed by atoms with Crippen molar-refractivity contribution in [3.63, 3.8) is 0 Å². The summed E-state index contributed by atoms with van der Waals surface area (Å²) < 4.78 is 2.16. The average Bonchev–Trinajstić information content (AvgIpc) is 2.87.